The molecule has 0 aliphatic heterocycles. The van der Waals surface area contributed by atoms with Crippen LogP contribution in [0.5, 0.6) is 0 Å². The largest absolute Gasteiger partial charge is 0.256 e. The first kappa shape index (κ1) is 20.9. The number of nitrogens with zero attached hydrogens (tertiary/aromatic N) is 3. The lowest BCUT2D eigenvalue weighted by atomic mass is 9.87. The minimum absolute atomic E-state index is 0.890. The molecule has 6 rings (SSSR count). The van der Waals surface area contributed by atoms with Crippen LogP contribution in [0.3, 0.4) is 0 Å². The number of rotatable bonds is 4. The summed E-state index contributed by atoms with van der Waals surface area (Å²) < 4.78 is 0. The molecule has 35 heavy (non-hydrogen) atoms. The monoisotopic (exact) mass is 449 g/mol. The Balaban J connectivity index is 1.64. The smallest absolute Gasteiger partial charge is 0.0971 e. The van der Waals surface area contributed by atoms with E-state index in [4.69, 9.17) is 9.97 Å². The number of benzene rings is 4. The molecular formula is C32H23N3. The van der Waals surface area contributed by atoms with Crippen molar-refractivity contribution in [1.29, 1.82) is 0 Å². The molecule has 0 unspecified atom stereocenters. The SMILES string of the molecule is Cc1ccc(-c2ccc(-c3cccc(-c4ccccn4)c3-c3ccccc3)c3nccnc23)cc1. The zero-order chi connectivity index (χ0) is 23.6. The van der Waals surface area contributed by atoms with Gasteiger partial charge in [0.15, 0.2) is 0 Å². The van der Waals surface area contributed by atoms with Gasteiger partial charge in [0.25, 0.3) is 0 Å². The van der Waals surface area contributed by atoms with Crippen molar-refractivity contribution in [1.82, 2.24) is 15.0 Å². The second-order valence-corrected chi connectivity index (χ2v) is 8.59. The van der Waals surface area contributed by atoms with Crippen LogP contribution in [-0.2, 0) is 0 Å². The second-order valence-electron chi connectivity index (χ2n) is 8.59. The predicted octanol–water partition coefficient (Wildman–Crippen LogP) is 8.00. The number of aryl methyl sites for hydroxylation is 1. The Hall–Kier alpha value is -4.63. The molecule has 0 spiro atoms. The molecule has 2 heterocycles. The molecular weight excluding hydrogens is 426 g/mol. The summed E-state index contributed by atoms with van der Waals surface area (Å²) >= 11 is 0. The summed E-state index contributed by atoms with van der Waals surface area (Å²) in [6, 6.07) is 35.9. The van der Waals surface area contributed by atoms with Crippen LogP contribution in [0.2, 0.25) is 0 Å². The first-order chi connectivity index (χ1) is 17.3. The van der Waals surface area contributed by atoms with Gasteiger partial charge in [-0.3, -0.25) is 15.0 Å². The Morgan fingerprint density at radius 3 is 1.86 bits per heavy atom. The highest BCUT2D eigenvalue weighted by Crippen LogP contribution is 2.42. The fourth-order valence-corrected chi connectivity index (χ4v) is 4.67. The van der Waals surface area contributed by atoms with Crippen LogP contribution in [0.25, 0.3) is 55.7 Å². The summed E-state index contributed by atoms with van der Waals surface area (Å²) in [5, 5.41) is 0. The van der Waals surface area contributed by atoms with Crippen LogP contribution in [0.1, 0.15) is 5.56 Å². The van der Waals surface area contributed by atoms with E-state index in [1.54, 1.807) is 12.4 Å². The lowest BCUT2D eigenvalue weighted by Gasteiger charge is -2.17. The lowest BCUT2D eigenvalue weighted by Crippen LogP contribution is -1.95. The number of pyridine rings is 1. The molecule has 0 saturated carbocycles. The highest BCUT2D eigenvalue weighted by Gasteiger charge is 2.18. The maximum Gasteiger partial charge on any atom is 0.0971 e. The van der Waals surface area contributed by atoms with Crippen LogP contribution < -0.4 is 0 Å². The van der Waals surface area contributed by atoms with E-state index < -0.39 is 0 Å². The maximum absolute atomic E-state index is 4.82. The van der Waals surface area contributed by atoms with E-state index in [9.17, 15) is 0 Å². The Morgan fingerprint density at radius 2 is 1.11 bits per heavy atom. The third-order valence-electron chi connectivity index (χ3n) is 6.35. The molecule has 2 aromatic heterocycles. The fraction of sp³-hybridized carbons (Fsp3) is 0.0312. The zero-order valence-electron chi connectivity index (χ0n) is 19.4. The van der Waals surface area contributed by atoms with Gasteiger partial charge in [-0.15, -0.1) is 0 Å². The number of hydrogen-bond donors (Lipinski definition) is 0. The van der Waals surface area contributed by atoms with E-state index in [-0.39, 0.29) is 0 Å². The summed E-state index contributed by atoms with van der Waals surface area (Å²) in [4.78, 5) is 14.3. The highest BCUT2D eigenvalue weighted by atomic mass is 14.8. The molecule has 4 aromatic carbocycles. The molecule has 166 valence electrons. The van der Waals surface area contributed by atoms with Crippen molar-refractivity contribution in [3.8, 4) is 44.6 Å². The van der Waals surface area contributed by atoms with Crippen molar-refractivity contribution in [2.24, 2.45) is 0 Å². The van der Waals surface area contributed by atoms with Gasteiger partial charge in [0, 0.05) is 35.3 Å². The Bertz CT molecular complexity index is 1620. The van der Waals surface area contributed by atoms with Gasteiger partial charge < -0.3 is 0 Å². The van der Waals surface area contributed by atoms with Crippen LogP contribution in [0.15, 0.2) is 122 Å². The molecule has 3 nitrogen and oxygen atoms in total. The van der Waals surface area contributed by atoms with Gasteiger partial charge >= 0.3 is 0 Å². The van der Waals surface area contributed by atoms with Crippen LogP contribution >= 0.6 is 0 Å². The zero-order valence-corrected chi connectivity index (χ0v) is 19.4. The van der Waals surface area contributed by atoms with Gasteiger partial charge in [-0.1, -0.05) is 96.6 Å². The molecule has 0 fully saturated rings. The molecule has 0 N–H and O–H groups in total. The third kappa shape index (κ3) is 3.87. The lowest BCUT2D eigenvalue weighted by molar-refractivity contribution is 1.29. The Morgan fingerprint density at radius 1 is 0.429 bits per heavy atom. The van der Waals surface area contributed by atoms with Crippen LogP contribution in [-0.4, -0.2) is 15.0 Å². The summed E-state index contributed by atoms with van der Waals surface area (Å²) in [6.07, 6.45) is 5.38. The van der Waals surface area contributed by atoms with Crippen molar-refractivity contribution in [2.75, 3.05) is 0 Å². The van der Waals surface area contributed by atoms with Crippen molar-refractivity contribution < 1.29 is 0 Å². The normalized spacial score (nSPS) is 11.0. The minimum Gasteiger partial charge on any atom is -0.256 e. The maximum atomic E-state index is 4.82. The van der Waals surface area contributed by atoms with E-state index >= 15 is 0 Å². The minimum atomic E-state index is 0.890. The van der Waals surface area contributed by atoms with E-state index in [0.717, 1.165) is 55.7 Å². The average Bonchev–Trinajstić information content (AvgIpc) is 2.93. The number of aromatic nitrogens is 3. The van der Waals surface area contributed by atoms with Crippen molar-refractivity contribution in [2.45, 2.75) is 6.92 Å². The van der Waals surface area contributed by atoms with Crippen LogP contribution in [0.4, 0.5) is 0 Å². The second kappa shape index (κ2) is 8.96. The summed E-state index contributed by atoms with van der Waals surface area (Å²) in [6.45, 7) is 2.10. The molecule has 6 aromatic rings. The van der Waals surface area contributed by atoms with E-state index in [1.165, 1.54) is 5.56 Å². The summed E-state index contributed by atoms with van der Waals surface area (Å²) in [7, 11) is 0. The topological polar surface area (TPSA) is 38.7 Å². The molecule has 0 atom stereocenters. The molecule has 0 radical (unpaired) electrons. The Kier molecular flexibility index (Phi) is 5.36. The van der Waals surface area contributed by atoms with Gasteiger partial charge in [-0.2, -0.15) is 0 Å². The molecule has 0 aliphatic carbocycles. The van der Waals surface area contributed by atoms with Gasteiger partial charge in [-0.25, -0.2) is 0 Å². The van der Waals surface area contributed by atoms with E-state index in [2.05, 4.69) is 96.8 Å². The van der Waals surface area contributed by atoms with Crippen molar-refractivity contribution >= 4 is 11.0 Å². The molecule has 0 bridgehead atoms. The van der Waals surface area contributed by atoms with Crippen molar-refractivity contribution in [3.63, 3.8) is 0 Å². The third-order valence-corrected chi connectivity index (χ3v) is 6.35. The van der Waals surface area contributed by atoms with Crippen LogP contribution in [0, 0.1) is 6.92 Å². The predicted molar refractivity (Wildman–Crippen MR) is 144 cm³/mol. The first-order valence-electron chi connectivity index (χ1n) is 11.7. The number of hydrogen-bond acceptors (Lipinski definition) is 3. The standard InChI is InChI=1S/C32H23N3/c1-22-13-15-23(16-14-22)25-17-18-27(32-31(25)34-20-21-35-32)26-10-7-11-28(29-12-5-6-19-33-29)30(26)24-8-3-2-4-9-24/h2-21H,1H3. The molecule has 0 saturated heterocycles. The molecule has 0 aliphatic rings. The molecule has 3 heteroatoms. The summed E-state index contributed by atoms with van der Waals surface area (Å²) in [5.41, 5.74) is 11.7. The Labute approximate surface area is 204 Å². The first-order valence-corrected chi connectivity index (χ1v) is 11.7. The average molecular weight is 450 g/mol. The van der Waals surface area contributed by atoms with Gasteiger partial charge in [-0.05, 0) is 41.3 Å². The fourth-order valence-electron chi connectivity index (χ4n) is 4.67. The summed E-state index contributed by atoms with van der Waals surface area (Å²) in [5.74, 6) is 0. The van der Waals surface area contributed by atoms with Crippen molar-refractivity contribution in [3.05, 3.63) is 127 Å². The highest BCUT2D eigenvalue weighted by molar-refractivity contribution is 6.05. The molecule has 0 amide bonds. The quantitative estimate of drug-likeness (QED) is 0.274. The van der Waals surface area contributed by atoms with Gasteiger partial charge in [0.2, 0.25) is 0 Å². The number of fused-ring (bicyclic) bond motifs is 1. The van der Waals surface area contributed by atoms with E-state index in [0.29, 0.717) is 0 Å². The van der Waals surface area contributed by atoms with E-state index in [1.807, 2.05) is 24.4 Å². The van der Waals surface area contributed by atoms with Gasteiger partial charge in [0.05, 0.1) is 16.7 Å². The van der Waals surface area contributed by atoms with Gasteiger partial charge in [0.1, 0.15) is 0 Å².